The zero-order chi connectivity index (χ0) is 22.0. The highest BCUT2D eigenvalue weighted by Gasteiger charge is 2.59. The molecule has 7 atom stereocenters. The number of thioether (sulfide) groups is 1. The number of nitrogens with one attached hydrogen (secondary N) is 1. The maximum Gasteiger partial charge on any atom is 0.226 e. The number of likely N-dealkylation sites (tertiary alicyclic amines) is 1. The predicted molar refractivity (Wildman–Crippen MR) is 125 cm³/mol. The Labute approximate surface area is 191 Å². The second-order valence-electron chi connectivity index (χ2n) is 11.0. The Bertz CT molecular complexity index is 921. The SMILES string of the molecule is CN1C(=O)CCC2(C)C1=CCC1C2CCC2(C)C(CNS(=O)(=O)C3CC=CS3)CCC12. The third-order valence-electron chi connectivity index (χ3n) is 9.75. The standard InChI is InChI=1S/C24H36N2O3S2/c1-23-12-10-19-17(7-9-20-24(19,2)13-11-21(27)26(20)3)18(23)8-6-16(23)15-25-31(28,29)22-5-4-14-30-22/h4,9,14,16-19,22,25H,5-8,10-13,15H2,1-3H3. The van der Waals surface area contributed by atoms with E-state index < -0.39 is 10.0 Å². The van der Waals surface area contributed by atoms with Crippen LogP contribution in [-0.2, 0) is 14.8 Å². The summed E-state index contributed by atoms with van der Waals surface area (Å²) in [5.41, 5.74) is 1.58. The third-order valence-corrected chi connectivity index (χ3v) is 13.1. The molecular formula is C24H36N2O3S2. The van der Waals surface area contributed by atoms with Crippen molar-refractivity contribution in [2.24, 2.45) is 34.5 Å². The Morgan fingerprint density at radius 1 is 1.16 bits per heavy atom. The number of carbonyl (C=O) groups excluding carboxylic acids is 1. The summed E-state index contributed by atoms with van der Waals surface area (Å²) in [4.78, 5) is 14.2. The summed E-state index contributed by atoms with van der Waals surface area (Å²) in [6.45, 7) is 5.41. The molecule has 5 rings (SSSR count). The van der Waals surface area contributed by atoms with Crippen molar-refractivity contribution in [2.45, 2.75) is 69.8 Å². The van der Waals surface area contributed by atoms with Crippen molar-refractivity contribution >= 4 is 27.7 Å². The Kier molecular flexibility index (Phi) is 5.42. The number of carbonyl (C=O) groups is 1. The molecule has 0 radical (unpaired) electrons. The van der Waals surface area contributed by atoms with Crippen molar-refractivity contribution < 1.29 is 13.2 Å². The maximum atomic E-state index is 12.7. The van der Waals surface area contributed by atoms with Crippen LogP contribution in [0, 0.1) is 34.5 Å². The van der Waals surface area contributed by atoms with Gasteiger partial charge in [-0.1, -0.05) is 26.0 Å². The summed E-state index contributed by atoms with van der Waals surface area (Å²) in [6, 6.07) is 0. The molecule has 0 bridgehead atoms. The molecule has 2 aliphatic heterocycles. The average molecular weight is 465 g/mol. The van der Waals surface area contributed by atoms with E-state index in [0.29, 0.717) is 43.1 Å². The van der Waals surface area contributed by atoms with Gasteiger partial charge in [-0.2, -0.15) is 0 Å². The van der Waals surface area contributed by atoms with Crippen LogP contribution in [0.4, 0.5) is 0 Å². The smallest absolute Gasteiger partial charge is 0.226 e. The molecule has 1 amide bonds. The minimum atomic E-state index is -3.27. The average Bonchev–Trinajstić information content (AvgIpc) is 3.38. The Balaban J connectivity index is 1.33. The first-order valence-corrected chi connectivity index (χ1v) is 14.4. The lowest BCUT2D eigenvalue weighted by Crippen LogP contribution is -2.54. The van der Waals surface area contributed by atoms with Gasteiger partial charge < -0.3 is 4.90 Å². The molecule has 0 spiro atoms. The van der Waals surface area contributed by atoms with Gasteiger partial charge in [0.2, 0.25) is 15.9 Å². The minimum absolute atomic E-state index is 0.110. The Morgan fingerprint density at radius 2 is 1.97 bits per heavy atom. The first-order chi connectivity index (χ1) is 14.7. The van der Waals surface area contributed by atoms with E-state index >= 15 is 0 Å². The van der Waals surface area contributed by atoms with Crippen LogP contribution in [-0.4, -0.2) is 37.4 Å². The molecule has 0 aromatic rings. The van der Waals surface area contributed by atoms with Gasteiger partial charge in [0.05, 0.1) is 0 Å². The van der Waals surface area contributed by atoms with Gasteiger partial charge in [-0.15, -0.1) is 11.8 Å². The summed E-state index contributed by atoms with van der Waals surface area (Å²) in [6.07, 6.45) is 12.3. The predicted octanol–water partition coefficient (Wildman–Crippen LogP) is 4.49. The lowest BCUT2D eigenvalue weighted by atomic mass is 9.49. The van der Waals surface area contributed by atoms with Crippen LogP contribution in [0.25, 0.3) is 0 Å². The van der Waals surface area contributed by atoms with Gasteiger partial charge in [0, 0.05) is 31.1 Å². The van der Waals surface area contributed by atoms with Crippen molar-refractivity contribution in [3.63, 3.8) is 0 Å². The molecule has 1 N–H and O–H groups in total. The van der Waals surface area contributed by atoms with Crippen molar-refractivity contribution in [1.29, 1.82) is 0 Å². The van der Waals surface area contributed by atoms with Gasteiger partial charge in [0.25, 0.3) is 0 Å². The molecule has 2 heterocycles. The number of hydrogen-bond donors (Lipinski definition) is 1. The van der Waals surface area contributed by atoms with E-state index in [1.54, 1.807) is 0 Å². The highest BCUT2D eigenvalue weighted by molar-refractivity contribution is 8.14. The van der Waals surface area contributed by atoms with Crippen molar-refractivity contribution in [3.8, 4) is 0 Å². The number of sulfonamides is 1. The second-order valence-corrected chi connectivity index (χ2v) is 14.3. The van der Waals surface area contributed by atoms with E-state index in [4.69, 9.17) is 0 Å². The number of rotatable bonds is 4. The molecule has 0 aromatic heterocycles. The fourth-order valence-electron chi connectivity index (χ4n) is 7.90. The van der Waals surface area contributed by atoms with Gasteiger partial charge in [0.1, 0.15) is 4.58 Å². The molecule has 7 heteroatoms. The zero-order valence-corrected chi connectivity index (χ0v) is 20.6. The zero-order valence-electron chi connectivity index (χ0n) is 19.0. The lowest BCUT2D eigenvalue weighted by Gasteiger charge is -2.58. The van der Waals surface area contributed by atoms with Crippen LogP contribution in [0.3, 0.4) is 0 Å². The quantitative estimate of drug-likeness (QED) is 0.666. The van der Waals surface area contributed by atoms with E-state index in [1.165, 1.54) is 36.7 Å². The van der Waals surface area contributed by atoms with Crippen LogP contribution in [0.1, 0.15) is 65.2 Å². The number of nitrogens with zero attached hydrogens (tertiary/aromatic N) is 1. The molecule has 1 saturated heterocycles. The largest absolute Gasteiger partial charge is 0.319 e. The normalized spacial score (nSPS) is 44.6. The van der Waals surface area contributed by atoms with E-state index in [-0.39, 0.29) is 21.3 Å². The fourth-order valence-corrected chi connectivity index (χ4v) is 10.5. The Hall–Kier alpha value is -0.790. The van der Waals surface area contributed by atoms with E-state index in [2.05, 4.69) is 24.6 Å². The number of amides is 1. The summed E-state index contributed by atoms with van der Waals surface area (Å²) >= 11 is 1.41. The topological polar surface area (TPSA) is 66.5 Å². The molecule has 5 nitrogen and oxygen atoms in total. The molecule has 5 aliphatic rings. The molecule has 3 aliphatic carbocycles. The molecule has 3 fully saturated rings. The van der Waals surface area contributed by atoms with Crippen LogP contribution >= 0.6 is 11.8 Å². The van der Waals surface area contributed by atoms with Crippen LogP contribution in [0.2, 0.25) is 0 Å². The van der Waals surface area contributed by atoms with E-state index in [1.807, 2.05) is 23.4 Å². The fraction of sp³-hybridized carbons (Fsp3) is 0.792. The molecule has 0 aromatic carbocycles. The van der Waals surface area contributed by atoms with E-state index in [0.717, 1.165) is 19.3 Å². The van der Waals surface area contributed by atoms with Gasteiger partial charge in [-0.25, -0.2) is 13.1 Å². The van der Waals surface area contributed by atoms with Crippen molar-refractivity contribution in [3.05, 3.63) is 23.3 Å². The maximum absolute atomic E-state index is 12.7. The number of piperidine rings is 1. The first-order valence-electron chi connectivity index (χ1n) is 11.9. The van der Waals surface area contributed by atoms with Crippen LogP contribution in [0.15, 0.2) is 23.3 Å². The summed E-state index contributed by atoms with van der Waals surface area (Å²) in [7, 11) is -1.32. The second kappa shape index (κ2) is 7.63. The Morgan fingerprint density at radius 3 is 2.71 bits per heavy atom. The number of allylic oxidation sites excluding steroid dienone is 3. The lowest BCUT2D eigenvalue weighted by molar-refractivity contribution is -0.135. The number of hydrogen-bond acceptors (Lipinski definition) is 4. The number of fused-ring (bicyclic) bond motifs is 5. The van der Waals surface area contributed by atoms with Gasteiger partial charge in [-0.3, -0.25) is 4.79 Å². The minimum Gasteiger partial charge on any atom is -0.319 e. The molecular weight excluding hydrogens is 428 g/mol. The van der Waals surface area contributed by atoms with Crippen molar-refractivity contribution in [2.75, 3.05) is 13.6 Å². The highest BCUT2D eigenvalue weighted by Crippen LogP contribution is 2.65. The van der Waals surface area contributed by atoms with Crippen LogP contribution < -0.4 is 4.72 Å². The van der Waals surface area contributed by atoms with E-state index in [9.17, 15) is 13.2 Å². The molecule has 172 valence electrons. The van der Waals surface area contributed by atoms with Crippen LogP contribution in [0.5, 0.6) is 0 Å². The summed E-state index contributed by atoms with van der Waals surface area (Å²) in [5, 5.41) is 1.90. The molecule has 2 saturated carbocycles. The highest BCUT2D eigenvalue weighted by atomic mass is 32.3. The van der Waals surface area contributed by atoms with Gasteiger partial charge >= 0.3 is 0 Å². The van der Waals surface area contributed by atoms with Crippen molar-refractivity contribution in [1.82, 2.24) is 9.62 Å². The molecule has 7 unspecified atom stereocenters. The van der Waals surface area contributed by atoms with Gasteiger partial charge in [0.15, 0.2) is 0 Å². The van der Waals surface area contributed by atoms with Gasteiger partial charge in [-0.05, 0) is 79.4 Å². The summed E-state index contributed by atoms with van der Waals surface area (Å²) < 4.78 is 28.1. The monoisotopic (exact) mass is 464 g/mol. The summed E-state index contributed by atoms with van der Waals surface area (Å²) in [5.74, 6) is 2.62. The molecule has 31 heavy (non-hydrogen) atoms. The first kappa shape index (κ1) is 22.0. The third kappa shape index (κ3) is 3.36.